The Morgan fingerprint density at radius 2 is 1.38 bits per heavy atom. The summed E-state index contributed by atoms with van der Waals surface area (Å²) in [5.74, 6) is 0. The van der Waals surface area contributed by atoms with E-state index in [0.29, 0.717) is 6.61 Å². The van der Waals surface area contributed by atoms with E-state index in [1.54, 1.807) is 6.26 Å². The van der Waals surface area contributed by atoms with Gasteiger partial charge in [0.15, 0.2) is 0 Å². The van der Waals surface area contributed by atoms with Crippen LogP contribution in [0.3, 0.4) is 0 Å². The SMILES string of the molecule is CCCCC=CO[C@@H](CO)COCCCCCCCCCCCC. The molecule has 0 bridgehead atoms. The van der Waals surface area contributed by atoms with Crippen molar-refractivity contribution in [3.63, 3.8) is 0 Å². The highest BCUT2D eigenvalue weighted by atomic mass is 16.5. The van der Waals surface area contributed by atoms with Crippen molar-refractivity contribution in [3.05, 3.63) is 12.3 Å². The number of hydrogen-bond acceptors (Lipinski definition) is 3. The van der Waals surface area contributed by atoms with Crippen molar-refractivity contribution in [2.75, 3.05) is 19.8 Å². The normalized spacial score (nSPS) is 12.8. The fourth-order valence-electron chi connectivity index (χ4n) is 2.60. The van der Waals surface area contributed by atoms with Crippen LogP contribution in [0.2, 0.25) is 0 Å². The van der Waals surface area contributed by atoms with Crippen molar-refractivity contribution in [1.29, 1.82) is 0 Å². The third-order valence-corrected chi connectivity index (χ3v) is 4.24. The Balaban J connectivity index is 3.30. The average Bonchev–Trinajstić information content (AvgIpc) is 2.60. The first-order chi connectivity index (χ1) is 11.8. The molecule has 0 amide bonds. The van der Waals surface area contributed by atoms with Gasteiger partial charge >= 0.3 is 0 Å². The van der Waals surface area contributed by atoms with Crippen LogP contribution in [0.25, 0.3) is 0 Å². The largest absolute Gasteiger partial charge is 0.494 e. The Morgan fingerprint density at radius 3 is 1.96 bits per heavy atom. The molecule has 0 aromatic rings. The van der Waals surface area contributed by atoms with Crippen molar-refractivity contribution in [2.45, 2.75) is 103 Å². The highest BCUT2D eigenvalue weighted by Crippen LogP contribution is 2.10. The second-order valence-corrected chi connectivity index (χ2v) is 6.71. The number of unbranched alkanes of at least 4 members (excludes halogenated alkanes) is 11. The van der Waals surface area contributed by atoms with Crippen LogP contribution in [0.4, 0.5) is 0 Å². The molecule has 0 heterocycles. The molecule has 0 aromatic heterocycles. The first-order valence-electron chi connectivity index (χ1n) is 10.3. The van der Waals surface area contributed by atoms with E-state index < -0.39 is 0 Å². The molecule has 1 atom stereocenters. The van der Waals surface area contributed by atoms with Crippen molar-refractivity contribution < 1.29 is 14.6 Å². The summed E-state index contributed by atoms with van der Waals surface area (Å²) >= 11 is 0. The van der Waals surface area contributed by atoms with Crippen LogP contribution in [0, 0.1) is 0 Å². The van der Waals surface area contributed by atoms with Crippen molar-refractivity contribution in [1.82, 2.24) is 0 Å². The minimum atomic E-state index is -0.231. The second-order valence-electron chi connectivity index (χ2n) is 6.71. The fraction of sp³-hybridized carbons (Fsp3) is 0.905. The maximum atomic E-state index is 9.27. The summed E-state index contributed by atoms with van der Waals surface area (Å²) in [4.78, 5) is 0. The number of ether oxygens (including phenoxy) is 2. The van der Waals surface area contributed by atoms with Gasteiger partial charge in [-0.3, -0.25) is 0 Å². The van der Waals surface area contributed by atoms with E-state index in [4.69, 9.17) is 9.47 Å². The zero-order valence-electron chi connectivity index (χ0n) is 16.3. The molecule has 3 heteroatoms. The number of aliphatic hydroxyl groups excluding tert-OH is 1. The first-order valence-corrected chi connectivity index (χ1v) is 10.3. The van der Waals surface area contributed by atoms with Gasteiger partial charge in [0.25, 0.3) is 0 Å². The lowest BCUT2D eigenvalue weighted by atomic mass is 10.1. The van der Waals surface area contributed by atoms with Gasteiger partial charge in [-0.25, -0.2) is 0 Å². The van der Waals surface area contributed by atoms with E-state index in [9.17, 15) is 5.11 Å². The van der Waals surface area contributed by atoms with Crippen LogP contribution in [0.15, 0.2) is 12.3 Å². The molecule has 0 spiro atoms. The number of allylic oxidation sites excluding steroid dienone is 1. The van der Waals surface area contributed by atoms with Crippen LogP contribution >= 0.6 is 0 Å². The van der Waals surface area contributed by atoms with Crippen molar-refractivity contribution in [2.24, 2.45) is 0 Å². The molecule has 0 radical (unpaired) electrons. The molecule has 0 unspecified atom stereocenters. The summed E-state index contributed by atoms with van der Waals surface area (Å²) in [6.45, 7) is 5.70. The zero-order valence-corrected chi connectivity index (χ0v) is 16.3. The minimum Gasteiger partial charge on any atom is -0.494 e. The van der Waals surface area contributed by atoms with Gasteiger partial charge < -0.3 is 14.6 Å². The van der Waals surface area contributed by atoms with Crippen molar-refractivity contribution in [3.8, 4) is 0 Å². The molecular weight excluding hydrogens is 300 g/mol. The number of rotatable bonds is 19. The maximum Gasteiger partial charge on any atom is 0.144 e. The summed E-state index contributed by atoms with van der Waals surface area (Å²) in [5, 5.41) is 9.27. The third kappa shape index (κ3) is 17.8. The van der Waals surface area contributed by atoms with E-state index in [-0.39, 0.29) is 12.7 Å². The molecule has 0 saturated carbocycles. The molecule has 3 nitrogen and oxygen atoms in total. The summed E-state index contributed by atoms with van der Waals surface area (Å²) in [6.07, 6.45) is 20.3. The Bertz CT molecular complexity index is 253. The Labute approximate surface area is 150 Å². The van der Waals surface area contributed by atoms with E-state index in [2.05, 4.69) is 13.8 Å². The third-order valence-electron chi connectivity index (χ3n) is 4.24. The van der Waals surface area contributed by atoms with Gasteiger partial charge in [0.2, 0.25) is 0 Å². The van der Waals surface area contributed by atoms with Crippen LogP contribution < -0.4 is 0 Å². The summed E-state index contributed by atoms with van der Waals surface area (Å²) in [6, 6.07) is 0. The fourth-order valence-corrected chi connectivity index (χ4v) is 2.60. The number of aliphatic hydroxyl groups is 1. The Hall–Kier alpha value is -0.540. The zero-order chi connectivity index (χ0) is 17.7. The molecule has 0 aliphatic rings. The molecule has 144 valence electrons. The van der Waals surface area contributed by atoms with E-state index in [1.165, 1.54) is 70.6 Å². The summed E-state index contributed by atoms with van der Waals surface area (Å²) < 4.78 is 11.1. The van der Waals surface area contributed by atoms with E-state index in [1.807, 2.05) is 6.08 Å². The quantitative estimate of drug-likeness (QED) is 0.231. The second kappa shape index (κ2) is 20.5. The van der Waals surface area contributed by atoms with Crippen molar-refractivity contribution >= 4 is 0 Å². The van der Waals surface area contributed by atoms with Gasteiger partial charge in [-0.2, -0.15) is 0 Å². The van der Waals surface area contributed by atoms with Crippen LogP contribution in [-0.2, 0) is 9.47 Å². The molecule has 0 fully saturated rings. The lowest BCUT2D eigenvalue weighted by Crippen LogP contribution is -2.22. The summed E-state index contributed by atoms with van der Waals surface area (Å²) in [5.41, 5.74) is 0. The highest BCUT2D eigenvalue weighted by Gasteiger charge is 2.06. The molecule has 0 rings (SSSR count). The lowest BCUT2D eigenvalue weighted by molar-refractivity contribution is -0.00352. The molecule has 0 aliphatic carbocycles. The molecule has 0 aromatic carbocycles. The minimum absolute atomic E-state index is 0.0101. The summed E-state index contributed by atoms with van der Waals surface area (Å²) in [7, 11) is 0. The topological polar surface area (TPSA) is 38.7 Å². The van der Waals surface area contributed by atoms with Gasteiger partial charge in [0.1, 0.15) is 6.10 Å². The van der Waals surface area contributed by atoms with Crippen LogP contribution in [0.5, 0.6) is 0 Å². The van der Waals surface area contributed by atoms with Gasteiger partial charge in [-0.05, 0) is 25.3 Å². The predicted molar refractivity (Wildman–Crippen MR) is 103 cm³/mol. The maximum absolute atomic E-state index is 9.27. The van der Waals surface area contributed by atoms with Gasteiger partial charge in [0.05, 0.1) is 19.5 Å². The Kier molecular flexibility index (Phi) is 20.0. The predicted octanol–water partition coefficient (Wildman–Crippen LogP) is 6.01. The van der Waals surface area contributed by atoms with E-state index in [0.717, 1.165) is 19.4 Å². The van der Waals surface area contributed by atoms with Gasteiger partial charge in [0, 0.05) is 6.61 Å². The number of hydrogen-bond donors (Lipinski definition) is 1. The van der Waals surface area contributed by atoms with Gasteiger partial charge in [-0.1, -0.05) is 78.1 Å². The average molecular weight is 343 g/mol. The molecule has 0 saturated heterocycles. The monoisotopic (exact) mass is 342 g/mol. The van der Waals surface area contributed by atoms with E-state index >= 15 is 0 Å². The highest BCUT2D eigenvalue weighted by molar-refractivity contribution is 4.74. The van der Waals surface area contributed by atoms with Gasteiger partial charge in [-0.15, -0.1) is 0 Å². The molecule has 24 heavy (non-hydrogen) atoms. The molecule has 1 N–H and O–H groups in total. The molecule has 0 aliphatic heterocycles. The first kappa shape index (κ1) is 23.5. The Morgan fingerprint density at radius 1 is 0.792 bits per heavy atom. The lowest BCUT2D eigenvalue weighted by Gasteiger charge is -2.14. The smallest absolute Gasteiger partial charge is 0.144 e. The standard InChI is InChI=1S/C21H42O3/c1-3-5-7-9-10-11-12-13-14-15-17-23-20-21(19-22)24-18-16-8-6-4-2/h16,18,21-22H,3-15,17,19-20H2,1-2H3/t21-/m0/s1. The van der Waals surface area contributed by atoms with Crippen LogP contribution in [-0.4, -0.2) is 31.0 Å². The molecular formula is C21H42O3. The van der Waals surface area contributed by atoms with Crippen LogP contribution in [0.1, 0.15) is 97.3 Å².